The van der Waals surface area contributed by atoms with Gasteiger partial charge in [0.2, 0.25) is 0 Å². The molecule has 1 aromatic heterocycles. The van der Waals surface area contributed by atoms with Crippen molar-refractivity contribution in [2.24, 2.45) is 0 Å². The molecule has 3 nitrogen and oxygen atoms in total. The summed E-state index contributed by atoms with van der Waals surface area (Å²) >= 11 is 0. The molecule has 312 valence electrons. The average Bonchev–Trinajstić information content (AvgIpc) is 3.75. The lowest BCUT2D eigenvalue weighted by Gasteiger charge is -2.31. The summed E-state index contributed by atoms with van der Waals surface area (Å²) in [6.07, 6.45) is 0. The molecule has 0 N–H and O–H groups in total. The maximum Gasteiger partial charge on any atom is 0.148 e. The van der Waals surface area contributed by atoms with Gasteiger partial charge in [-0.2, -0.15) is 0 Å². The van der Waals surface area contributed by atoms with E-state index in [0.717, 1.165) is 94.4 Å². The Hall–Kier alpha value is -8.47. The van der Waals surface area contributed by atoms with Crippen LogP contribution in [0.5, 0.6) is 0 Å². The van der Waals surface area contributed by atoms with Crippen molar-refractivity contribution in [2.75, 3.05) is 9.80 Å². The molecule has 0 radical (unpaired) electrons. The molecular formula is C62H41FN2O. The zero-order valence-electron chi connectivity index (χ0n) is 36.4. The van der Waals surface area contributed by atoms with Crippen LogP contribution >= 0.6 is 0 Å². The van der Waals surface area contributed by atoms with Gasteiger partial charge in [0, 0.05) is 44.5 Å². The number of furan rings is 1. The van der Waals surface area contributed by atoms with Crippen LogP contribution in [0.4, 0.5) is 38.5 Å². The van der Waals surface area contributed by atoms with Crippen LogP contribution in [0.1, 0.15) is 11.1 Å². The molecule has 0 atom stereocenters. The zero-order valence-corrected chi connectivity index (χ0v) is 36.4. The normalized spacial score (nSPS) is 11.9. The molecule has 0 fully saturated rings. The van der Waals surface area contributed by atoms with Gasteiger partial charge in [0.15, 0.2) is 0 Å². The van der Waals surface area contributed by atoms with E-state index in [9.17, 15) is 0 Å². The fraction of sp³-hybridized carbons (Fsp3) is 0.0323. The molecule has 4 heteroatoms. The van der Waals surface area contributed by atoms with E-state index in [0.29, 0.717) is 5.69 Å². The van der Waals surface area contributed by atoms with E-state index in [-0.39, 0.29) is 5.82 Å². The highest BCUT2D eigenvalue weighted by Crippen LogP contribution is 2.52. The number of hydrogen-bond acceptors (Lipinski definition) is 3. The lowest BCUT2D eigenvalue weighted by atomic mass is 9.88. The summed E-state index contributed by atoms with van der Waals surface area (Å²) in [5, 5.41) is 11.5. The Bertz CT molecular complexity index is 3960. The van der Waals surface area contributed by atoms with E-state index < -0.39 is 0 Å². The first kappa shape index (κ1) is 38.0. The molecule has 1 heterocycles. The largest absolute Gasteiger partial charge is 0.456 e. The van der Waals surface area contributed by atoms with Gasteiger partial charge in [0.1, 0.15) is 17.0 Å². The van der Waals surface area contributed by atoms with Crippen LogP contribution in [0.2, 0.25) is 0 Å². The Morgan fingerprint density at radius 3 is 1.53 bits per heavy atom. The van der Waals surface area contributed by atoms with Crippen LogP contribution in [0.25, 0.3) is 87.3 Å². The number of anilines is 6. The summed E-state index contributed by atoms with van der Waals surface area (Å²) in [7, 11) is 0. The lowest BCUT2D eigenvalue weighted by Crippen LogP contribution is -2.14. The van der Waals surface area contributed by atoms with Crippen molar-refractivity contribution >= 4 is 99.2 Å². The second kappa shape index (κ2) is 14.8. The van der Waals surface area contributed by atoms with E-state index in [1.807, 2.05) is 66.7 Å². The van der Waals surface area contributed by atoms with Gasteiger partial charge >= 0.3 is 0 Å². The third kappa shape index (κ3) is 5.81. The summed E-state index contributed by atoms with van der Waals surface area (Å²) in [6, 6.07) is 73.8. The Morgan fingerprint density at radius 1 is 0.364 bits per heavy atom. The van der Waals surface area contributed by atoms with Crippen LogP contribution < -0.4 is 9.80 Å². The topological polar surface area (TPSA) is 19.6 Å². The van der Waals surface area contributed by atoms with Crippen LogP contribution in [0, 0.1) is 19.7 Å². The minimum absolute atomic E-state index is 0.300. The molecule has 13 rings (SSSR count). The monoisotopic (exact) mass is 848 g/mol. The molecule has 0 aliphatic carbocycles. The third-order valence-electron chi connectivity index (χ3n) is 13.6. The fourth-order valence-corrected chi connectivity index (χ4v) is 10.7. The molecule has 13 aromatic rings. The molecule has 0 unspecified atom stereocenters. The Balaban J connectivity index is 1.09. The van der Waals surface area contributed by atoms with Gasteiger partial charge in [-0.3, -0.25) is 0 Å². The molecular weight excluding hydrogens is 808 g/mol. The van der Waals surface area contributed by atoms with Gasteiger partial charge < -0.3 is 14.2 Å². The molecule has 0 aliphatic rings. The van der Waals surface area contributed by atoms with Crippen LogP contribution in [0.15, 0.2) is 217 Å². The van der Waals surface area contributed by atoms with Gasteiger partial charge in [0.05, 0.1) is 22.7 Å². The number of halogens is 1. The molecule has 12 aromatic carbocycles. The van der Waals surface area contributed by atoms with Crippen molar-refractivity contribution in [2.45, 2.75) is 13.8 Å². The first-order valence-electron chi connectivity index (χ1n) is 22.5. The van der Waals surface area contributed by atoms with Crippen molar-refractivity contribution in [3.8, 4) is 22.3 Å². The van der Waals surface area contributed by atoms with Gasteiger partial charge in [-0.15, -0.1) is 0 Å². The third-order valence-corrected chi connectivity index (χ3v) is 13.6. The van der Waals surface area contributed by atoms with E-state index >= 15 is 4.39 Å². The minimum Gasteiger partial charge on any atom is -0.456 e. The minimum atomic E-state index is -0.300. The second-order valence-electron chi connectivity index (χ2n) is 17.5. The standard InChI is InChI=1S/C62H41FN2O/c1-38-32-54(64(45-21-11-5-12-22-45)47-34-43-27-26-42-20-15-25-56-58(42)59(43)57(37-47)66-56)50-30-28-49-39(2)33-55(51-31-29-48(38)60(50)61(49)51)65(46-23-13-6-14-24-46)62-52(41-18-9-4-10-19-41)35-44(36-53(62)63)40-16-7-3-8-17-40/h3-37H,1-2H3. The van der Waals surface area contributed by atoms with Crippen LogP contribution in [-0.2, 0) is 0 Å². The van der Waals surface area contributed by atoms with Gasteiger partial charge in [-0.25, -0.2) is 4.39 Å². The summed E-state index contributed by atoms with van der Waals surface area (Å²) in [4.78, 5) is 4.52. The number of benzene rings is 12. The van der Waals surface area contributed by atoms with Crippen molar-refractivity contribution in [1.29, 1.82) is 0 Å². The molecule has 0 spiro atoms. The summed E-state index contributed by atoms with van der Waals surface area (Å²) < 4.78 is 24.3. The SMILES string of the molecule is Cc1cc(N(c2ccccc2)c2cc3ccc4cccc5oc(c2)c3c45)c2ccc3c(C)cc(N(c4ccccc4)c4c(F)cc(-c5ccccc5)cc4-c4ccccc4)c4ccc1c2c34. The van der Waals surface area contributed by atoms with Gasteiger partial charge in [0.25, 0.3) is 0 Å². The summed E-state index contributed by atoms with van der Waals surface area (Å²) in [5.74, 6) is -0.300. The van der Waals surface area contributed by atoms with Crippen molar-refractivity contribution < 1.29 is 8.81 Å². The van der Waals surface area contributed by atoms with Crippen molar-refractivity contribution in [1.82, 2.24) is 0 Å². The summed E-state index contributed by atoms with van der Waals surface area (Å²) in [6.45, 7) is 4.40. The Morgan fingerprint density at radius 2 is 0.894 bits per heavy atom. The van der Waals surface area contributed by atoms with E-state index in [4.69, 9.17) is 4.42 Å². The number of hydrogen-bond donors (Lipinski definition) is 0. The molecule has 0 amide bonds. The fourth-order valence-electron chi connectivity index (χ4n) is 10.7. The molecule has 0 saturated heterocycles. The summed E-state index contributed by atoms with van der Waals surface area (Å²) in [5.41, 5.74) is 13.0. The highest BCUT2D eigenvalue weighted by molar-refractivity contribution is 6.30. The number of rotatable bonds is 8. The van der Waals surface area contributed by atoms with Crippen molar-refractivity contribution in [3.05, 3.63) is 229 Å². The Labute approximate surface area is 381 Å². The smallest absolute Gasteiger partial charge is 0.148 e. The highest BCUT2D eigenvalue weighted by atomic mass is 19.1. The van der Waals surface area contributed by atoms with E-state index in [1.165, 1.54) is 32.5 Å². The van der Waals surface area contributed by atoms with E-state index in [2.05, 4.69) is 163 Å². The maximum absolute atomic E-state index is 17.7. The molecule has 0 aliphatic heterocycles. The predicted octanol–water partition coefficient (Wildman–Crippen LogP) is 18.1. The molecule has 66 heavy (non-hydrogen) atoms. The van der Waals surface area contributed by atoms with Crippen molar-refractivity contribution in [3.63, 3.8) is 0 Å². The maximum atomic E-state index is 17.7. The number of aryl methyl sites for hydroxylation is 2. The highest BCUT2D eigenvalue weighted by Gasteiger charge is 2.28. The Kier molecular flexibility index (Phi) is 8.53. The van der Waals surface area contributed by atoms with Crippen LogP contribution in [0.3, 0.4) is 0 Å². The zero-order chi connectivity index (χ0) is 44.0. The van der Waals surface area contributed by atoms with E-state index in [1.54, 1.807) is 6.07 Å². The first-order valence-corrected chi connectivity index (χ1v) is 22.5. The number of nitrogens with zero attached hydrogens (tertiary/aromatic N) is 2. The molecule has 0 bridgehead atoms. The lowest BCUT2D eigenvalue weighted by molar-refractivity contribution is 0.630. The van der Waals surface area contributed by atoms with Gasteiger partial charge in [-0.1, -0.05) is 146 Å². The molecule has 0 saturated carbocycles. The first-order chi connectivity index (χ1) is 32.5. The number of para-hydroxylation sites is 2. The van der Waals surface area contributed by atoms with Crippen LogP contribution in [-0.4, -0.2) is 0 Å². The predicted molar refractivity (Wildman–Crippen MR) is 276 cm³/mol. The quantitative estimate of drug-likeness (QED) is 0.142. The van der Waals surface area contributed by atoms with Gasteiger partial charge in [-0.05, 0) is 135 Å². The second-order valence-corrected chi connectivity index (χ2v) is 17.5. The average molecular weight is 849 g/mol.